The van der Waals surface area contributed by atoms with Crippen LogP contribution in [-0.2, 0) is 17.6 Å². The molecule has 1 atom stereocenters. The fraction of sp³-hybridized carbons (Fsp3) is 0.500. The fourth-order valence-corrected chi connectivity index (χ4v) is 4.74. The van der Waals surface area contributed by atoms with E-state index in [-0.39, 0.29) is 17.9 Å². The van der Waals surface area contributed by atoms with Crippen molar-refractivity contribution in [2.45, 2.75) is 57.9 Å². The molecule has 0 bridgehead atoms. The number of carbonyl (C=O) groups excluding carboxylic acids is 2. The van der Waals surface area contributed by atoms with Crippen molar-refractivity contribution in [3.8, 4) is 5.69 Å². The summed E-state index contributed by atoms with van der Waals surface area (Å²) in [6.07, 6.45) is 6.33. The van der Waals surface area contributed by atoms with Gasteiger partial charge in [-0.15, -0.1) is 0 Å². The second-order valence-electron chi connectivity index (χ2n) is 7.88. The van der Waals surface area contributed by atoms with E-state index in [0.29, 0.717) is 18.7 Å². The van der Waals surface area contributed by atoms with Crippen molar-refractivity contribution in [3.63, 3.8) is 0 Å². The number of carbonyl (C=O) groups is 2. The van der Waals surface area contributed by atoms with Crippen molar-refractivity contribution in [1.29, 1.82) is 0 Å². The molecule has 1 saturated heterocycles. The van der Waals surface area contributed by atoms with E-state index in [1.165, 1.54) is 0 Å². The van der Waals surface area contributed by atoms with Crippen LogP contribution >= 0.6 is 15.9 Å². The van der Waals surface area contributed by atoms with E-state index in [9.17, 15) is 9.59 Å². The molecule has 1 aromatic carbocycles. The number of nitrogens with one attached hydrogen (secondary N) is 1. The largest absolute Gasteiger partial charge is 0.352 e. The molecule has 0 saturated carbocycles. The van der Waals surface area contributed by atoms with Crippen LogP contribution in [0, 0.1) is 0 Å². The van der Waals surface area contributed by atoms with Crippen molar-refractivity contribution < 1.29 is 9.59 Å². The lowest BCUT2D eigenvalue weighted by Crippen LogP contribution is -2.49. The third-order valence-corrected chi connectivity index (χ3v) is 6.32. The van der Waals surface area contributed by atoms with Crippen molar-refractivity contribution in [3.05, 3.63) is 45.7 Å². The van der Waals surface area contributed by atoms with Crippen LogP contribution in [0.2, 0.25) is 0 Å². The van der Waals surface area contributed by atoms with Crippen molar-refractivity contribution in [1.82, 2.24) is 20.0 Å². The second kappa shape index (κ2) is 8.69. The van der Waals surface area contributed by atoms with Crippen LogP contribution in [0.3, 0.4) is 0 Å². The first-order chi connectivity index (χ1) is 14.1. The van der Waals surface area contributed by atoms with Gasteiger partial charge in [0.1, 0.15) is 0 Å². The van der Waals surface area contributed by atoms with Gasteiger partial charge in [-0.25, -0.2) is 4.68 Å². The summed E-state index contributed by atoms with van der Waals surface area (Å²) in [6, 6.07) is 8.07. The van der Waals surface area contributed by atoms with Crippen LogP contribution in [-0.4, -0.2) is 45.6 Å². The molecule has 6 nitrogen and oxygen atoms in total. The Kier molecular flexibility index (Phi) is 6.04. The molecule has 1 aromatic heterocycles. The minimum absolute atomic E-state index is 0.00709. The Morgan fingerprint density at radius 1 is 1.24 bits per heavy atom. The molecule has 2 amide bonds. The first kappa shape index (κ1) is 20.1. The van der Waals surface area contributed by atoms with Gasteiger partial charge in [0.15, 0.2) is 5.69 Å². The number of amides is 2. The van der Waals surface area contributed by atoms with E-state index in [1.807, 2.05) is 40.8 Å². The summed E-state index contributed by atoms with van der Waals surface area (Å²) in [4.78, 5) is 27.1. The first-order valence-corrected chi connectivity index (χ1v) is 11.3. The normalized spacial score (nSPS) is 19.0. The van der Waals surface area contributed by atoms with E-state index in [1.54, 1.807) is 0 Å². The molecule has 2 aliphatic rings. The van der Waals surface area contributed by atoms with E-state index in [2.05, 4.69) is 21.2 Å². The van der Waals surface area contributed by atoms with Crippen molar-refractivity contribution in [2.75, 3.05) is 13.1 Å². The van der Waals surface area contributed by atoms with E-state index < -0.39 is 0 Å². The molecule has 4 rings (SSSR count). The number of likely N-dealkylation sites (tertiary alicyclic amines) is 1. The molecule has 1 N–H and O–H groups in total. The monoisotopic (exact) mass is 458 g/mol. The topological polar surface area (TPSA) is 67.2 Å². The maximum absolute atomic E-state index is 13.4. The van der Waals surface area contributed by atoms with Crippen molar-refractivity contribution >= 4 is 27.7 Å². The standard InChI is InChI=1S/C22H27BrN4O2/c1-2-20(28)24-16-8-6-12-26(14-16)22(29)21-18-10-3-4-11-19(18)27(25-21)17-9-5-7-15(23)13-17/h5,7,9,13,16H,2-4,6,8,10-12,14H2,1H3,(H,24,28). The highest BCUT2D eigenvalue weighted by Crippen LogP contribution is 2.29. The Morgan fingerprint density at radius 2 is 2.07 bits per heavy atom. The lowest BCUT2D eigenvalue weighted by Gasteiger charge is -2.33. The van der Waals surface area contributed by atoms with Gasteiger partial charge in [0.2, 0.25) is 5.91 Å². The lowest BCUT2D eigenvalue weighted by molar-refractivity contribution is -0.121. The van der Waals surface area contributed by atoms with Crippen LogP contribution in [0.25, 0.3) is 5.69 Å². The molecule has 1 aliphatic heterocycles. The minimum atomic E-state index is -0.00709. The van der Waals surface area contributed by atoms with E-state index in [4.69, 9.17) is 5.10 Å². The Labute approximate surface area is 179 Å². The van der Waals surface area contributed by atoms with Crippen LogP contribution < -0.4 is 5.32 Å². The predicted molar refractivity (Wildman–Crippen MR) is 115 cm³/mol. The molecular weight excluding hydrogens is 432 g/mol. The summed E-state index contributed by atoms with van der Waals surface area (Å²) in [5, 5.41) is 7.84. The van der Waals surface area contributed by atoms with Crippen LogP contribution in [0.15, 0.2) is 28.7 Å². The molecule has 154 valence electrons. The van der Waals surface area contributed by atoms with E-state index in [0.717, 1.165) is 66.5 Å². The number of nitrogens with zero attached hydrogens (tertiary/aromatic N) is 3. The van der Waals surface area contributed by atoms with Gasteiger partial charge in [-0.3, -0.25) is 9.59 Å². The highest BCUT2D eigenvalue weighted by atomic mass is 79.9. The molecule has 1 fully saturated rings. The van der Waals surface area contributed by atoms with E-state index >= 15 is 0 Å². The summed E-state index contributed by atoms with van der Waals surface area (Å²) >= 11 is 3.54. The molecule has 7 heteroatoms. The van der Waals surface area contributed by atoms with Gasteiger partial charge in [0, 0.05) is 41.3 Å². The highest BCUT2D eigenvalue weighted by molar-refractivity contribution is 9.10. The molecule has 0 spiro atoms. The van der Waals surface area contributed by atoms with Gasteiger partial charge in [0.05, 0.1) is 5.69 Å². The van der Waals surface area contributed by atoms with Gasteiger partial charge in [0.25, 0.3) is 5.91 Å². The summed E-state index contributed by atoms with van der Waals surface area (Å²) in [6.45, 7) is 3.13. The number of hydrogen-bond donors (Lipinski definition) is 1. The third-order valence-electron chi connectivity index (χ3n) is 5.83. The first-order valence-electron chi connectivity index (χ1n) is 10.5. The number of halogens is 1. The predicted octanol–water partition coefficient (Wildman–Crippen LogP) is 3.64. The fourth-order valence-electron chi connectivity index (χ4n) is 4.35. The number of piperidine rings is 1. The molecule has 2 heterocycles. The maximum Gasteiger partial charge on any atom is 0.274 e. The average molecular weight is 459 g/mol. The number of benzene rings is 1. The van der Waals surface area contributed by atoms with Gasteiger partial charge in [-0.2, -0.15) is 5.10 Å². The second-order valence-corrected chi connectivity index (χ2v) is 8.80. The quantitative estimate of drug-likeness (QED) is 0.759. The molecule has 0 radical (unpaired) electrons. The van der Waals surface area contributed by atoms with Crippen molar-refractivity contribution in [2.24, 2.45) is 0 Å². The Morgan fingerprint density at radius 3 is 2.86 bits per heavy atom. The van der Waals surface area contributed by atoms with Crippen LogP contribution in [0.1, 0.15) is 60.8 Å². The summed E-state index contributed by atoms with van der Waals surface area (Å²) in [5.74, 6) is 0.0351. The molecule has 1 aliphatic carbocycles. The maximum atomic E-state index is 13.4. The van der Waals surface area contributed by atoms with Gasteiger partial charge in [-0.05, 0) is 56.7 Å². The lowest BCUT2D eigenvalue weighted by atomic mass is 9.95. The highest BCUT2D eigenvalue weighted by Gasteiger charge is 2.31. The number of hydrogen-bond acceptors (Lipinski definition) is 3. The summed E-state index contributed by atoms with van der Waals surface area (Å²) in [7, 11) is 0. The molecule has 2 aromatic rings. The minimum Gasteiger partial charge on any atom is -0.352 e. The Hall–Kier alpha value is -2.15. The van der Waals surface area contributed by atoms with Gasteiger partial charge >= 0.3 is 0 Å². The average Bonchev–Trinajstić information content (AvgIpc) is 3.13. The van der Waals surface area contributed by atoms with Gasteiger partial charge < -0.3 is 10.2 Å². The molecular formula is C22H27BrN4O2. The summed E-state index contributed by atoms with van der Waals surface area (Å²) in [5.41, 5.74) is 3.82. The number of rotatable bonds is 4. The number of fused-ring (bicyclic) bond motifs is 1. The smallest absolute Gasteiger partial charge is 0.274 e. The third kappa shape index (κ3) is 4.25. The summed E-state index contributed by atoms with van der Waals surface area (Å²) < 4.78 is 2.95. The zero-order valence-electron chi connectivity index (χ0n) is 16.8. The molecule has 29 heavy (non-hydrogen) atoms. The van der Waals surface area contributed by atoms with Crippen LogP contribution in [0.4, 0.5) is 0 Å². The van der Waals surface area contributed by atoms with Gasteiger partial charge in [-0.1, -0.05) is 28.9 Å². The zero-order valence-corrected chi connectivity index (χ0v) is 18.4. The molecule has 1 unspecified atom stereocenters. The Balaban J connectivity index is 1.62. The van der Waals surface area contributed by atoms with Crippen LogP contribution in [0.5, 0.6) is 0 Å². The Bertz CT molecular complexity index is 924. The number of aromatic nitrogens is 2. The zero-order chi connectivity index (χ0) is 20.4. The SMILES string of the molecule is CCC(=O)NC1CCCN(C(=O)c2nn(-c3cccc(Br)c3)c3c2CCCC3)C1.